The van der Waals surface area contributed by atoms with E-state index in [1.807, 2.05) is 24.3 Å². The van der Waals surface area contributed by atoms with Gasteiger partial charge in [-0.15, -0.1) is 5.19 Å². The van der Waals surface area contributed by atoms with Gasteiger partial charge in [0.15, 0.2) is 9.85 Å². The maximum Gasteiger partial charge on any atom is 0.189 e. The maximum atomic E-state index is 11.7. The maximum absolute atomic E-state index is 11.7. The molecule has 20 heavy (non-hydrogen) atoms. The van der Waals surface area contributed by atoms with E-state index >= 15 is 0 Å². The van der Waals surface area contributed by atoms with Crippen LogP contribution < -0.4 is 5.19 Å². The molecule has 0 aliphatic rings. The number of rotatable bonds is 1. The van der Waals surface area contributed by atoms with Crippen LogP contribution in [0.5, 0.6) is 0 Å². The van der Waals surface area contributed by atoms with Crippen LogP contribution >= 0.6 is 0 Å². The van der Waals surface area contributed by atoms with Gasteiger partial charge in [0.2, 0.25) is 0 Å². The standard InChI is InChI=1S/C5H6FSi.3C3H8O.Zr/c6-7-5-3-1-2-4-5;3*1-3(2)4;/h1-4H,7H2;3*3-4H,1-2H3;/q-1;;;;. The fourth-order valence-corrected chi connectivity index (χ4v) is 0.953. The van der Waals surface area contributed by atoms with Crippen LogP contribution in [0.3, 0.4) is 0 Å². The SMILES string of the molecule is CC(C)O.CC(C)O.CC(C)O.F[SiH2][c-]1cccc1.[Zr]. The van der Waals surface area contributed by atoms with E-state index in [4.69, 9.17) is 15.3 Å². The number of hydrogen-bond acceptors (Lipinski definition) is 3. The monoisotopic (exact) mass is 383 g/mol. The molecule has 1 aromatic rings. The summed E-state index contributed by atoms with van der Waals surface area (Å²) in [5.74, 6) is 0. The summed E-state index contributed by atoms with van der Waals surface area (Å²) in [5.41, 5.74) is 0. The Balaban J connectivity index is -0.0000000881. The summed E-state index contributed by atoms with van der Waals surface area (Å²) in [6.07, 6.45) is -0.500. The van der Waals surface area contributed by atoms with Crippen molar-refractivity contribution in [2.24, 2.45) is 0 Å². The minimum Gasteiger partial charge on any atom is -0.394 e. The van der Waals surface area contributed by atoms with Crippen molar-refractivity contribution in [2.75, 3.05) is 0 Å². The third-order valence-corrected chi connectivity index (χ3v) is 1.67. The van der Waals surface area contributed by atoms with E-state index in [-0.39, 0.29) is 44.5 Å². The van der Waals surface area contributed by atoms with Crippen LogP contribution in [-0.4, -0.2) is 43.5 Å². The second-order valence-electron chi connectivity index (χ2n) is 4.71. The molecule has 0 spiro atoms. The molecule has 0 bridgehead atoms. The van der Waals surface area contributed by atoms with Gasteiger partial charge in [-0.3, -0.25) is 0 Å². The Labute approximate surface area is 144 Å². The summed E-state index contributed by atoms with van der Waals surface area (Å²) >= 11 is 0. The van der Waals surface area contributed by atoms with Crippen LogP contribution in [0.15, 0.2) is 24.3 Å². The van der Waals surface area contributed by atoms with Gasteiger partial charge >= 0.3 is 0 Å². The first-order chi connectivity index (χ1) is 8.63. The van der Waals surface area contributed by atoms with E-state index in [1.54, 1.807) is 41.5 Å². The fourth-order valence-electron chi connectivity index (χ4n) is 0.503. The van der Waals surface area contributed by atoms with Crippen LogP contribution in [-0.2, 0) is 26.2 Å². The number of aliphatic hydroxyl groups is 3. The third kappa shape index (κ3) is 63.4. The van der Waals surface area contributed by atoms with Crippen molar-refractivity contribution < 1.29 is 45.6 Å². The molecule has 1 aromatic carbocycles. The number of aliphatic hydroxyl groups excluding tert-OH is 3. The Hall–Kier alpha value is 0.260. The Bertz CT molecular complexity index is 220. The average Bonchev–Trinajstić information content (AvgIpc) is 2.66. The van der Waals surface area contributed by atoms with E-state index in [1.165, 1.54) is 0 Å². The molecule has 0 aliphatic heterocycles. The molecule has 3 nitrogen and oxygen atoms in total. The van der Waals surface area contributed by atoms with Gasteiger partial charge < -0.3 is 19.4 Å². The van der Waals surface area contributed by atoms with Crippen molar-refractivity contribution in [1.82, 2.24) is 0 Å². The van der Waals surface area contributed by atoms with Crippen LogP contribution in [0.25, 0.3) is 0 Å². The van der Waals surface area contributed by atoms with E-state index in [0.29, 0.717) is 0 Å². The van der Waals surface area contributed by atoms with Crippen LogP contribution in [0.4, 0.5) is 4.11 Å². The minimum absolute atomic E-state index is 0. The van der Waals surface area contributed by atoms with Crippen molar-refractivity contribution in [2.45, 2.75) is 59.9 Å². The largest absolute Gasteiger partial charge is 0.394 e. The molecule has 6 heteroatoms. The molecule has 1 rings (SSSR count). The predicted octanol–water partition coefficient (Wildman–Crippen LogP) is 1.24. The molecule has 120 valence electrons. The van der Waals surface area contributed by atoms with Crippen molar-refractivity contribution in [3.8, 4) is 0 Å². The van der Waals surface area contributed by atoms with E-state index < -0.39 is 9.85 Å². The number of hydrogen-bond donors (Lipinski definition) is 3. The molecule has 0 amide bonds. The van der Waals surface area contributed by atoms with E-state index in [2.05, 4.69) is 0 Å². The van der Waals surface area contributed by atoms with Crippen LogP contribution in [0.2, 0.25) is 0 Å². The first-order valence-corrected chi connectivity index (χ1v) is 7.68. The zero-order valence-electron chi connectivity index (χ0n) is 13.5. The summed E-state index contributed by atoms with van der Waals surface area (Å²) < 4.78 is 11.7. The summed E-state index contributed by atoms with van der Waals surface area (Å²) in [4.78, 5) is 0. The normalized spacial score (nSPS) is 9.25. The zero-order chi connectivity index (χ0) is 15.8. The molecule has 0 unspecified atom stereocenters. The van der Waals surface area contributed by atoms with Crippen molar-refractivity contribution >= 4 is 15.0 Å². The zero-order valence-corrected chi connectivity index (χ0v) is 17.3. The second kappa shape index (κ2) is 21.6. The van der Waals surface area contributed by atoms with Gasteiger partial charge in [-0.05, 0) is 41.5 Å². The molecular weight excluding hydrogens is 354 g/mol. The summed E-state index contributed by atoms with van der Waals surface area (Å²) in [7, 11) is -1.37. The molecule has 0 saturated heterocycles. The van der Waals surface area contributed by atoms with Gasteiger partial charge in [0.1, 0.15) is 0 Å². The summed E-state index contributed by atoms with van der Waals surface area (Å²) in [6, 6.07) is 7.38. The van der Waals surface area contributed by atoms with Crippen molar-refractivity contribution in [3.05, 3.63) is 24.3 Å². The van der Waals surface area contributed by atoms with Gasteiger partial charge in [0.05, 0.1) is 0 Å². The number of halogens is 1. The Kier molecular flexibility index (Phi) is 30.6. The summed E-state index contributed by atoms with van der Waals surface area (Å²) in [5, 5.41) is 25.1. The molecule has 0 heterocycles. The first-order valence-electron chi connectivity index (χ1n) is 6.44. The van der Waals surface area contributed by atoms with Crippen LogP contribution in [0, 0.1) is 0 Å². The van der Waals surface area contributed by atoms with Gasteiger partial charge in [-0.25, -0.2) is 12.1 Å². The van der Waals surface area contributed by atoms with Crippen molar-refractivity contribution in [3.63, 3.8) is 0 Å². The summed E-state index contributed by atoms with van der Waals surface area (Å²) in [6.45, 7) is 10.3. The molecule has 3 N–H and O–H groups in total. The van der Waals surface area contributed by atoms with Gasteiger partial charge in [0.25, 0.3) is 0 Å². The third-order valence-electron chi connectivity index (χ3n) is 0.886. The Morgan fingerprint density at radius 1 is 0.800 bits per heavy atom. The van der Waals surface area contributed by atoms with E-state index in [0.717, 1.165) is 5.19 Å². The fraction of sp³-hybridized carbons (Fsp3) is 0.643. The van der Waals surface area contributed by atoms with Gasteiger partial charge in [-0.1, -0.05) is 0 Å². The van der Waals surface area contributed by atoms with Gasteiger partial charge in [-0.2, -0.15) is 12.1 Å². The molecule has 0 fully saturated rings. The quantitative estimate of drug-likeness (QED) is 0.388. The van der Waals surface area contributed by atoms with Crippen LogP contribution in [0.1, 0.15) is 41.5 Å². The Morgan fingerprint density at radius 3 is 1.10 bits per heavy atom. The van der Waals surface area contributed by atoms with Gasteiger partial charge in [0, 0.05) is 44.5 Å². The molecule has 0 aromatic heterocycles. The molecule has 0 radical (unpaired) electrons. The first kappa shape index (κ1) is 28.4. The molecule has 0 saturated carbocycles. The topological polar surface area (TPSA) is 60.7 Å². The average molecular weight is 385 g/mol. The second-order valence-corrected chi connectivity index (χ2v) is 5.79. The minimum atomic E-state index is -1.37. The molecular formula is C14H30FO3SiZr-. The molecule has 0 atom stereocenters. The van der Waals surface area contributed by atoms with Crippen molar-refractivity contribution in [1.29, 1.82) is 0 Å². The smallest absolute Gasteiger partial charge is 0.189 e. The Morgan fingerprint density at radius 2 is 1.00 bits per heavy atom. The van der Waals surface area contributed by atoms with E-state index in [9.17, 15) is 4.11 Å². The predicted molar refractivity (Wildman–Crippen MR) is 83.4 cm³/mol. The molecule has 0 aliphatic carbocycles.